The van der Waals surface area contributed by atoms with Gasteiger partial charge >= 0.3 is 0 Å². The van der Waals surface area contributed by atoms with E-state index >= 15 is 0 Å². The number of carbonyl (C=O) groups excluding carboxylic acids is 2. The SMILES string of the molecule is NC(=O)c1cc([N+](=O)[O-])cnc1N1CCC(C(N)=O)CC1. The number of aromatic nitrogens is 1. The first-order valence-electron chi connectivity index (χ1n) is 6.38. The van der Waals surface area contributed by atoms with Crippen LogP contribution in [0.3, 0.4) is 0 Å². The molecule has 9 nitrogen and oxygen atoms in total. The maximum absolute atomic E-state index is 11.5. The summed E-state index contributed by atoms with van der Waals surface area (Å²) < 4.78 is 0. The summed E-state index contributed by atoms with van der Waals surface area (Å²) in [4.78, 5) is 38.5. The molecule has 1 aliphatic rings. The number of rotatable bonds is 4. The first kappa shape index (κ1) is 14.7. The molecule has 2 rings (SSSR count). The first-order chi connectivity index (χ1) is 9.90. The number of nitrogens with two attached hydrogens (primary N) is 2. The van der Waals surface area contributed by atoms with E-state index in [4.69, 9.17) is 11.5 Å². The second-order valence-corrected chi connectivity index (χ2v) is 4.85. The minimum atomic E-state index is -0.779. The Morgan fingerprint density at radius 1 is 1.33 bits per heavy atom. The van der Waals surface area contributed by atoms with Crippen LogP contribution < -0.4 is 16.4 Å². The van der Waals surface area contributed by atoms with Crippen molar-refractivity contribution in [3.05, 3.63) is 27.9 Å². The van der Waals surface area contributed by atoms with Crippen LogP contribution in [0.1, 0.15) is 23.2 Å². The highest BCUT2D eigenvalue weighted by Crippen LogP contribution is 2.26. The van der Waals surface area contributed by atoms with Crippen LogP contribution in [0.5, 0.6) is 0 Å². The van der Waals surface area contributed by atoms with Crippen LogP contribution in [0.4, 0.5) is 11.5 Å². The number of carbonyl (C=O) groups is 2. The highest BCUT2D eigenvalue weighted by atomic mass is 16.6. The summed E-state index contributed by atoms with van der Waals surface area (Å²) in [6.45, 7) is 0.970. The summed E-state index contributed by atoms with van der Waals surface area (Å²) in [6, 6.07) is 1.12. The van der Waals surface area contributed by atoms with Gasteiger partial charge in [0.25, 0.3) is 11.6 Å². The van der Waals surface area contributed by atoms with Crippen LogP contribution in [0.2, 0.25) is 0 Å². The monoisotopic (exact) mass is 293 g/mol. The van der Waals surface area contributed by atoms with E-state index in [2.05, 4.69) is 4.98 Å². The predicted octanol–water partition coefficient (Wildman–Crippen LogP) is -0.210. The number of nitrogens with zero attached hydrogens (tertiary/aromatic N) is 3. The zero-order valence-electron chi connectivity index (χ0n) is 11.2. The molecule has 2 amide bonds. The quantitative estimate of drug-likeness (QED) is 0.580. The lowest BCUT2D eigenvalue weighted by Crippen LogP contribution is -2.39. The van der Waals surface area contributed by atoms with Gasteiger partial charge in [-0.3, -0.25) is 19.7 Å². The average molecular weight is 293 g/mol. The Labute approximate surface area is 120 Å². The van der Waals surface area contributed by atoms with Gasteiger partial charge in [-0.2, -0.15) is 0 Å². The van der Waals surface area contributed by atoms with Crippen LogP contribution in [0.25, 0.3) is 0 Å². The second-order valence-electron chi connectivity index (χ2n) is 4.85. The van der Waals surface area contributed by atoms with E-state index < -0.39 is 10.8 Å². The lowest BCUT2D eigenvalue weighted by molar-refractivity contribution is -0.385. The number of hydrogen-bond donors (Lipinski definition) is 2. The van der Waals surface area contributed by atoms with E-state index in [1.54, 1.807) is 4.90 Å². The summed E-state index contributed by atoms with van der Waals surface area (Å²) in [5.41, 5.74) is 10.2. The molecule has 0 atom stereocenters. The van der Waals surface area contributed by atoms with Crippen molar-refractivity contribution in [1.29, 1.82) is 0 Å². The van der Waals surface area contributed by atoms with Crippen LogP contribution in [-0.2, 0) is 4.79 Å². The molecule has 1 saturated heterocycles. The Bertz CT molecular complexity index is 595. The van der Waals surface area contributed by atoms with Crippen molar-refractivity contribution in [2.75, 3.05) is 18.0 Å². The van der Waals surface area contributed by atoms with Gasteiger partial charge in [0.1, 0.15) is 12.0 Å². The fraction of sp³-hybridized carbons (Fsp3) is 0.417. The molecule has 0 radical (unpaired) electrons. The average Bonchev–Trinajstić information content (AvgIpc) is 2.46. The molecule has 1 aliphatic heterocycles. The Morgan fingerprint density at radius 2 is 1.95 bits per heavy atom. The van der Waals surface area contributed by atoms with Gasteiger partial charge in [0.05, 0.1) is 10.5 Å². The van der Waals surface area contributed by atoms with E-state index in [9.17, 15) is 19.7 Å². The molecule has 2 heterocycles. The smallest absolute Gasteiger partial charge is 0.288 e. The number of pyridine rings is 1. The number of piperidine rings is 1. The molecular weight excluding hydrogens is 278 g/mol. The molecule has 112 valence electrons. The van der Waals surface area contributed by atoms with E-state index in [1.165, 1.54) is 0 Å². The van der Waals surface area contributed by atoms with Crippen molar-refractivity contribution in [3.63, 3.8) is 0 Å². The van der Waals surface area contributed by atoms with E-state index in [1.807, 2.05) is 0 Å². The van der Waals surface area contributed by atoms with Gasteiger partial charge in [-0.1, -0.05) is 0 Å². The molecule has 21 heavy (non-hydrogen) atoms. The summed E-state index contributed by atoms with van der Waals surface area (Å²) in [6.07, 6.45) is 2.18. The van der Waals surface area contributed by atoms with Gasteiger partial charge in [0.2, 0.25) is 5.91 Å². The molecule has 0 aromatic carbocycles. The van der Waals surface area contributed by atoms with Crippen molar-refractivity contribution < 1.29 is 14.5 Å². The standard InChI is InChI=1S/C12H15N5O4/c13-10(18)7-1-3-16(4-2-7)12-9(11(14)19)5-8(6-15-12)17(20)21/h5-7H,1-4H2,(H2,13,18)(H2,14,19). The molecule has 1 aromatic rings. The summed E-state index contributed by atoms with van der Waals surface area (Å²) in [7, 11) is 0. The Hall–Kier alpha value is -2.71. The molecule has 0 aliphatic carbocycles. The topological polar surface area (TPSA) is 145 Å². The van der Waals surface area contributed by atoms with E-state index in [0.29, 0.717) is 31.7 Å². The van der Waals surface area contributed by atoms with Crippen molar-refractivity contribution in [2.24, 2.45) is 17.4 Å². The van der Waals surface area contributed by atoms with E-state index in [0.717, 1.165) is 12.3 Å². The summed E-state index contributed by atoms with van der Waals surface area (Å²) in [5.74, 6) is -1.02. The number of primary amides is 2. The van der Waals surface area contributed by atoms with Gasteiger partial charge in [-0.25, -0.2) is 4.98 Å². The van der Waals surface area contributed by atoms with Crippen molar-refractivity contribution in [2.45, 2.75) is 12.8 Å². The minimum absolute atomic E-state index is 0.00160. The fourth-order valence-electron chi connectivity index (χ4n) is 2.36. The minimum Gasteiger partial charge on any atom is -0.369 e. The van der Waals surface area contributed by atoms with Gasteiger partial charge < -0.3 is 16.4 Å². The number of amides is 2. The number of hydrogen-bond acceptors (Lipinski definition) is 6. The Morgan fingerprint density at radius 3 is 2.43 bits per heavy atom. The Kier molecular flexibility index (Phi) is 4.01. The van der Waals surface area contributed by atoms with Gasteiger partial charge in [-0.05, 0) is 12.8 Å². The molecule has 9 heteroatoms. The normalized spacial score (nSPS) is 15.7. The molecule has 0 unspecified atom stereocenters. The van der Waals surface area contributed by atoms with E-state index in [-0.39, 0.29) is 23.1 Å². The maximum Gasteiger partial charge on any atom is 0.288 e. The molecule has 0 spiro atoms. The largest absolute Gasteiger partial charge is 0.369 e. The van der Waals surface area contributed by atoms with Gasteiger partial charge in [0, 0.05) is 25.1 Å². The molecule has 4 N–H and O–H groups in total. The van der Waals surface area contributed by atoms with Crippen molar-refractivity contribution in [1.82, 2.24) is 4.98 Å². The third-order valence-electron chi connectivity index (χ3n) is 3.53. The number of anilines is 1. The lowest BCUT2D eigenvalue weighted by atomic mass is 9.96. The van der Waals surface area contributed by atoms with Gasteiger partial charge in [-0.15, -0.1) is 0 Å². The Balaban J connectivity index is 2.26. The number of nitro groups is 1. The molecule has 1 fully saturated rings. The zero-order chi connectivity index (χ0) is 15.6. The van der Waals surface area contributed by atoms with Crippen molar-refractivity contribution >= 4 is 23.3 Å². The third kappa shape index (κ3) is 3.07. The predicted molar refractivity (Wildman–Crippen MR) is 73.5 cm³/mol. The zero-order valence-corrected chi connectivity index (χ0v) is 11.2. The maximum atomic E-state index is 11.5. The molecule has 0 bridgehead atoms. The van der Waals surface area contributed by atoms with Crippen LogP contribution in [0, 0.1) is 16.0 Å². The summed E-state index contributed by atoms with van der Waals surface area (Å²) in [5, 5.41) is 10.7. The van der Waals surface area contributed by atoms with Crippen molar-refractivity contribution in [3.8, 4) is 0 Å². The fourth-order valence-corrected chi connectivity index (χ4v) is 2.36. The molecule has 0 saturated carbocycles. The first-order valence-corrected chi connectivity index (χ1v) is 6.38. The van der Waals surface area contributed by atoms with Crippen LogP contribution in [0.15, 0.2) is 12.3 Å². The van der Waals surface area contributed by atoms with Crippen LogP contribution >= 0.6 is 0 Å². The van der Waals surface area contributed by atoms with Crippen LogP contribution in [-0.4, -0.2) is 34.8 Å². The third-order valence-corrected chi connectivity index (χ3v) is 3.53. The molecular formula is C12H15N5O4. The summed E-state index contributed by atoms with van der Waals surface area (Å²) >= 11 is 0. The van der Waals surface area contributed by atoms with Gasteiger partial charge in [0.15, 0.2) is 0 Å². The highest BCUT2D eigenvalue weighted by Gasteiger charge is 2.27. The highest BCUT2D eigenvalue weighted by molar-refractivity contribution is 5.98. The second kappa shape index (κ2) is 5.73. The lowest BCUT2D eigenvalue weighted by Gasteiger charge is -2.32. The molecule has 1 aromatic heterocycles.